The summed E-state index contributed by atoms with van der Waals surface area (Å²) in [5, 5.41) is 0. The Balaban J connectivity index is 2.16. The number of nitrogens with one attached hydrogen (secondary N) is 1. The number of oxazole rings is 1. The molecule has 3 rings (SSSR count). The number of hydrogen-bond donors (Lipinski definition) is 2. The zero-order valence-corrected chi connectivity index (χ0v) is 10.6. The third kappa shape index (κ3) is 1.58. The molecular weight excluding hydrogens is 230 g/mol. The minimum absolute atomic E-state index is 0.103. The molecule has 0 aliphatic carbocycles. The Kier molecular flexibility index (Phi) is 2.20. The van der Waals surface area contributed by atoms with Crippen molar-refractivity contribution in [1.29, 1.82) is 0 Å². The van der Waals surface area contributed by atoms with Crippen molar-refractivity contribution in [3.05, 3.63) is 22.7 Å². The molecule has 1 aliphatic rings. The van der Waals surface area contributed by atoms with Crippen LogP contribution in [0.1, 0.15) is 26.7 Å². The first kappa shape index (κ1) is 11.2. The Bertz CT molecular complexity index is 654. The van der Waals surface area contributed by atoms with Gasteiger partial charge in [-0.25, -0.2) is 4.79 Å². The van der Waals surface area contributed by atoms with Gasteiger partial charge in [-0.3, -0.25) is 4.98 Å². The van der Waals surface area contributed by atoms with Crippen LogP contribution in [0.2, 0.25) is 0 Å². The number of aromatic amines is 1. The highest BCUT2D eigenvalue weighted by Crippen LogP contribution is 2.38. The zero-order chi connectivity index (χ0) is 12.9. The number of rotatable bonds is 1. The Morgan fingerprint density at radius 1 is 1.44 bits per heavy atom. The predicted molar refractivity (Wildman–Crippen MR) is 71.9 cm³/mol. The van der Waals surface area contributed by atoms with E-state index in [0.717, 1.165) is 25.1 Å². The molecule has 5 heteroatoms. The summed E-state index contributed by atoms with van der Waals surface area (Å²) >= 11 is 0. The van der Waals surface area contributed by atoms with Crippen LogP contribution in [0.4, 0.5) is 11.4 Å². The Morgan fingerprint density at radius 3 is 2.89 bits per heavy atom. The van der Waals surface area contributed by atoms with Gasteiger partial charge in [-0.05, 0) is 32.8 Å². The largest absolute Gasteiger partial charge is 0.417 e. The van der Waals surface area contributed by atoms with Gasteiger partial charge in [0.25, 0.3) is 0 Å². The van der Waals surface area contributed by atoms with Gasteiger partial charge in [0.15, 0.2) is 5.58 Å². The summed E-state index contributed by atoms with van der Waals surface area (Å²) in [7, 11) is 0. The van der Waals surface area contributed by atoms with E-state index in [1.165, 1.54) is 0 Å². The fourth-order valence-corrected chi connectivity index (χ4v) is 2.79. The Labute approximate surface area is 105 Å². The molecule has 1 fully saturated rings. The normalized spacial score (nSPS) is 18.7. The summed E-state index contributed by atoms with van der Waals surface area (Å²) in [5.74, 6) is -0.442. The van der Waals surface area contributed by atoms with Crippen LogP contribution in [-0.2, 0) is 0 Å². The second kappa shape index (κ2) is 3.54. The van der Waals surface area contributed by atoms with E-state index >= 15 is 0 Å². The molecule has 5 nitrogen and oxygen atoms in total. The fourth-order valence-electron chi connectivity index (χ4n) is 2.79. The maximum Gasteiger partial charge on any atom is 0.417 e. The van der Waals surface area contributed by atoms with Gasteiger partial charge in [-0.1, -0.05) is 0 Å². The number of H-pyrrole nitrogens is 1. The fraction of sp³-hybridized carbons (Fsp3) is 0.462. The highest BCUT2D eigenvalue weighted by Gasteiger charge is 2.33. The minimum atomic E-state index is -0.442. The zero-order valence-electron chi connectivity index (χ0n) is 10.6. The molecule has 0 atom stereocenters. The molecule has 18 heavy (non-hydrogen) atoms. The van der Waals surface area contributed by atoms with Gasteiger partial charge in [-0.15, -0.1) is 0 Å². The molecule has 2 aromatic rings. The summed E-state index contributed by atoms with van der Waals surface area (Å²) in [6, 6.07) is 3.62. The maximum absolute atomic E-state index is 11.2. The Morgan fingerprint density at radius 2 is 2.22 bits per heavy atom. The van der Waals surface area contributed by atoms with Crippen LogP contribution in [0, 0.1) is 0 Å². The molecular formula is C13H17N3O2. The molecule has 1 aliphatic heterocycles. The molecule has 0 radical (unpaired) electrons. The lowest BCUT2D eigenvalue weighted by Gasteiger charge is -2.34. The molecule has 96 valence electrons. The van der Waals surface area contributed by atoms with Crippen molar-refractivity contribution in [2.75, 3.05) is 17.2 Å². The van der Waals surface area contributed by atoms with Crippen LogP contribution in [0.25, 0.3) is 11.1 Å². The first-order valence-electron chi connectivity index (χ1n) is 6.17. The van der Waals surface area contributed by atoms with E-state index in [9.17, 15) is 4.79 Å². The number of anilines is 2. The highest BCUT2D eigenvalue weighted by atomic mass is 16.4. The first-order chi connectivity index (χ1) is 8.47. The van der Waals surface area contributed by atoms with E-state index in [4.69, 9.17) is 10.2 Å². The van der Waals surface area contributed by atoms with E-state index in [1.54, 1.807) is 6.07 Å². The van der Waals surface area contributed by atoms with Crippen LogP contribution < -0.4 is 16.4 Å². The first-order valence-corrected chi connectivity index (χ1v) is 6.17. The minimum Gasteiger partial charge on any atom is -0.408 e. The number of nitrogen functional groups attached to an aromatic ring is 1. The highest BCUT2D eigenvalue weighted by molar-refractivity contribution is 5.86. The van der Waals surface area contributed by atoms with Crippen molar-refractivity contribution in [2.45, 2.75) is 32.2 Å². The summed E-state index contributed by atoms with van der Waals surface area (Å²) in [5.41, 5.74) is 9.02. The van der Waals surface area contributed by atoms with Crippen molar-refractivity contribution in [2.24, 2.45) is 0 Å². The van der Waals surface area contributed by atoms with Crippen LogP contribution in [0.5, 0.6) is 0 Å². The maximum atomic E-state index is 11.2. The molecule has 1 aromatic heterocycles. The van der Waals surface area contributed by atoms with Crippen molar-refractivity contribution in [1.82, 2.24) is 4.98 Å². The van der Waals surface area contributed by atoms with Crippen LogP contribution in [-0.4, -0.2) is 17.1 Å². The predicted octanol–water partition coefficient (Wildman–Crippen LogP) is 2.08. The van der Waals surface area contributed by atoms with Crippen LogP contribution >= 0.6 is 0 Å². The van der Waals surface area contributed by atoms with Gasteiger partial charge in [-0.2, -0.15) is 0 Å². The number of nitrogens with zero attached hydrogens (tertiary/aromatic N) is 1. The van der Waals surface area contributed by atoms with Crippen molar-refractivity contribution >= 4 is 22.5 Å². The quantitative estimate of drug-likeness (QED) is 0.756. The molecule has 1 saturated heterocycles. The summed E-state index contributed by atoms with van der Waals surface area (Å²) in [6.07, 6.45) is 2.30. The molecule has 3 N–H and O–H groups in total. The molecule has 0 bridgehead atoms. The van der Waals surface area contributed by atoms with Gasteiger partial charge in [0.2, 0.25) is 0 Å². The number of hydrogen-bond acceptors (Lipinski definition) is 4. The summed E-state index contributed by atoms with van der Waals surface area (Å²) in [6.45, 7) is 5.41. The number of benzene rings is 1. The van der Waals surface area contributed by atoms with Crippen LogP contribution in [0.15, 0.2) is 21.3 Å². The SMILES string of the molecule is CC1(C)CCCN1c1cc2[nH]c(=O)oc2cc1N. The van der Waals surface area contributed by atoms with Crippen molar-refractivity contribution in [3.8, 4) is 0 Å². The van der Waals surface area contributed by atoms with E-state index in [1.807, 2.05) is 6.07 Å². The second-order valence-electron chi connectivity index (χ2n) is 5.49. The van der Waals surface area contributed by atoms with Crippen molar-refractivity contribution < 1.29 is 4.42 Å². The lowest BCUT2D eigenvalue weighted by atomic mass is 10.0. The van der Waals surface area contributed by atoms with Gasteiger partial charge in [0.1, 0.15) is 0 Å². The van der Waals surface area contributed by atoms with Gasteiger partial charge >= 0.3 is 5.76 Å². The molecule has 0 unspecified atom stereocenters. The van der Waals surface area contributed by atoms with E-state index in [2.05, 4.69) is 23.7 Å². The van der Waals surface area contributed by atoms with E-state index < -0.39 is 5.76 Å². The average molecular weight is 247 g/mol. The number of fused-ring (bicyclic) bond motifs is 1. The van der Waals surface area contributed by atoms with Gasteiger partial charge in [0, 0.05) is 18.2 Å². The monoisotopic (exact) mass is 247 g/mol. The molecule has 2 heterocycles. The summed E-state index contributed by atoms with van der Waals surface area (Å²) < 4.78 is 5.01. The summed E-state index contributed by atoms with van der Waals surface area (Å²) in [4.78, 5) is 16.2. The molecule has 0 spiro atoms. The lowest BCUT2D eigenvalue weighted by molar-refractivity contribution is 0.518. The smallest absolute Gasteiger partial charge is 0.408 e. The third-order valence-corrected chi connectivity index (χ3v) is 3.76. The molecule has 1 aromatic carbocycles. The molecule has 0 amide bonds. The van der Waals surface area contributed by atoms with Crippen LogP contribution in [0.3, 0.4) is 0 Å². The molecule has 0 saturated carbocycles. The topological polar surface area (TPSA) is 75.3 Å². The van der Waals surface area contributed by atoms with Gasteiger partial charge < -0.3 is 15.1 Å². The average Bonchev–Trinajstić information content (AvgIpc) is 2.78. The lowest BCUT2D eigenvalue weighted by Crippen LogP contribution is -2.38. The van der Waals surface area contributed by atoms with Crippen molar-refractivity contribution in [3.63, 3.8) is 0 Å². The van der Waals surface area contributed by atoms with Gasteiger partial charge in [0.05, 0.1) is 16.9 Å². The second-order valence-corrected chi connectivity index (χ2v) is 5.49. The third-order valence-electron chi connectivity index (χ3n) is 3.76. The number of nitrogens with two attached hydrogens (primary N) is 1. The standard InChI is InChI=1S/C13H17N3O2/c1-13(2)4-3-5-16(13)10-7-9-11(6-8(10)14)18-12(17)15-9/h6-7H,3-5,14H2,1-2H3,(H,15,17). The number of aromatic nitrogens is 1. The van der Waals surface area contributed by atoms with E-state index in [-0.39, 0.29) is 5.54 Å². The van der Waals surface area contributed by atoms with E-state index in [0.29, 0.717) is 16.8 Å². The Hall–Kier alpha value is -1.91.